The van der Waals surface area contributed by atoms with Crippen LogP contribution in [0.1, 0.15) is 11.7 Å². The first-order valence-electron chi connectivity index (χ1n) is 4.37. The number of carbonyl (C=O) groups excluding carboxylic acids is 1. The second kappa shape index (κ2) is 5.19. The van der Waals surface area contributed by atoms with Gasteiger partial charge in [-0.2, -0.15) is 0 Å². The molecule has 1 amide bonds. The van der Waals surface area contributed by atoms with Crippen LogP contribution >= 0.6 is 0 Å². The lowest BCUT2D eigenvalue weighted by atomic mass is 10.1. The summed E-state index contributed by atoms with van der Waals surface area (Å²) in [5.41, 5.74) is 2.20. The molecular weight excluding hydrogens is 214 g/mol. The van der Waals surface area contributed by atoms with Gasteiger partial charge in [0, 0.05) is 19.2 Å². The summed E-state index contributed by atoms with van der Waals surface area (Å²) in [6.45, 7) is 0. The van der Waals surface area contributed by atoms with E-state index < -0.39 is 16.9 Å². The number of nitrogens with one attached hydrogen (secondary N) is 1. The van der Waals surface area contributed by atoms with Gasteiger partial charge in [-0.25, -0.2) is 5.84 Å². The summed E-state index contributed by atoms with van der Waals surface area (Å²) in [5, 5.41) is 10.5. The van der Waals surface area contributed by atoms with E-state index in [1.165, 1.54) is 25.3 Å². The highest BCUT2D eigenvalue weighted by molar-refractivity contribution is 5.81. The molecule has 0 saturated carbocycles. The van der Waals surface area contributed by atoms with Crippen molar-refractivity contribution in [3.8, 4) is 0 Å². The normalized spacial score (nSPS) is 11.9. The summed E-state index contributed by atoms with van der Waals surface area (Å²) in [4.78, 5) is 21.3. The number of hydrazine groups is 1. The number of amides is 1. The molecule has 7 heteroatoms. The molecular formula is C9H11N3O4. The Hall–Kier alpha value is -1.99. The van der Waals surface area contributed by atoms with Gasteiger partial charge in [0.25, 0.3) is 11.6 Å². The van der Waals surface area contributed by atoms with Gasteiger partial charge in [-0.05, 0) is 5.56 Å². The van der Waals surface area contributed by atoms with Crippen molar-refractivity contribution in [3.05, 3.63) is 39.9 Å². The second-order valence-electron chi connectivity index (χ2n) is 2.98. The van der Waals surface area contributed by atoms with Crippen molar-refractivity contribution in [2.24, 2.45) is 5.84 Å². The molecule has 1 aromatic rings. The molecule has 0 aliphatic carbocycles. The minimum atomic E-state index is -0.954. The highest BCUT2D eigenvalue weighted by atomic mass is 16.6. The fourth-order valence-electron chi connectivity index (χ4n) is 1.27. The molecule has 86 valence electrons. The van der Waals surface area contributed by atoms with Crippen LogP contribution in [0.15, 0.2) is 24.3 Å². The summed E-state index contributed by atoms with van der Waals surface area (Å²) >= 11 is 0. The average Bonchev–Trinajstić information content (AvgIpc) is 2.30. The number of benzene rings is 1. The molecule has 0 bridgehead atoms. The maximum atomic E-state index is 11.3. The highest BCUT2D eigenvalue weighted by Gasteiger charge is 2.20. The van der Waals surface area contributed by atoms with Crippen LogP contribution < -0.4 is 11.3 Å². The Balaban J connectivity index is 3.06. The zero-order valence-electron chi connectivity index (χ0n) is 8.54. The lowest BCUT2D eigenvalue weighted by Gasteiger charge is -2.13. The van der Waals surface area contributed by atoms with Crippen molar-refractivity contribution in [1.82, 2.24) is 5.43 Å². The molecule has 0 saturated heterocycles. The Kier molecular flexibility index (Phi) is 3.92. The first kappa shape index (κ1) is 12.1. The van der Waals surface area contributed by atoms with Crippen molar-refractivity contribution in [3.63, 3.8) is 0 Å². The van der Waals surface area contributed by atoms with Gasteiger partial charge < -0.3 is 4.74 Å². The van der Waals surface area contributed by atoms with E-state index in [1.807, 2.05) is 5.43 Å². The number of nitrogens with two attached hydrogens (primary N) is 1. The van der Waals surface area contributed by atoms with E-state index in [-0.39, 0.29) is 5.69 Å². The quantitative estimate of drug-likeness (QED) is 0.331. The van der Waals surface area contributed by atoms with E-state index in [0.717, 1.165) is 0 Å². The predicted octanol–water partition coefficient (Wildman–Crippen LogP) is 0.272. The van der Waals surface area contributed by atoms with Crippen LogP contribution in [0.2, 0.25) is 0 Å². The van der Waals surface area contributed by atoms with Gasteiger partial charge >= 0.3 is 0 Å². The fraction of sp³-hybridized carbons (Fsp3) is 0.222. The molecule has 0 spiro atoms. The first-order valence-corrected chi connectivity index (χ1v) is 4.37. The van der Waals surface area contributed by atoms with Crippen LogP contribution in [-0.4, -0.2) is 17.9 Å². The largest absolute Gasteiger partial charge is 0.367 e. The molecule has 0 fully saturated rings. The molecule has 0 aromatic heterocycles. The molecule has 16 heavy (non-hydrogen) atoms. The number of rotatable bonds is 4. The second-order valence-corrected chi connectivity index (χ2v) is 2.98. The van der Waals surface area contributed by atoms with Crippen LogP contribution in [0.25, 0.3) is 0 Å². The number of nitro benzene ring substituents is 1. The van der Waals surface area contributed by atoms with Crippen LogP contribution in [0.4, 0.5) is 5.69 Å². The Morgan fingerprint density at radius 1 is 1.62 bits per heavy atom. The SMILES string of the molecule is COC(C(=O)NN)c1cccc([N+](=O)[O-])c1. The zero-order chi connectivity index (χ0) is 12.1. The van der Waals surface area contributed by atoms with Crippen molar-refractivity contribution in [1.29, 1.82) is 0 Å². The van der Waals surface area contributed by atoms with Gasteiger partial charge in [-0.1, -0.05) is 12.1 Å². The summed E-state index contributed by atoms with van der Waals surface area (Å²) in [6.07, 6.45) is -0.954. The maximum Gasteiger partial charge on any atom is 0.269 e. The van der Waals surface area contributed by atoms with E-state index in [4.69, 9.17) is 10.6 Å². The number of nitro groups is 1. The van der Waals surface area contributed by atoms with E-state index in [2.05, 4.69) is 0 Å². The van der Waals surface area contributed by atoms with Crippen LogP contribution in [0, 0.1) is 10.1 Å². The fourth-order valence-corrected chi connectivity index (χ4v) is 1.27. The van der Waals surface area contributed by atoms with E-state index >= 15 is 0 Å². The highest BCUT2D eigenvalue weighted by Crippen LogP contribution is 2.21. The Labute approximate surface area is 91.3 Å². The molecule has 0 heterocycles. The minimum absolute atomic E-state index is 0.107. The van der Waals surface area contributed by atoms with Gasteiger partial charge in [0.1, 0.15) is 0 Å². The maximum absolute atomic E-state index is 11.3. The van der Waals surface area contributed by atoms with Crippen molar-refractivity contribution >= 4 is 11.6 Å². The number of non-ortho nitro benzene ring substituents is 1. The number of ether oxygens (including phenoxy) is 1. The Bertz CT molecular complexity index is 407. The number of nitrogens with zero attached hydrogens (tertiary/aromatic N) is 1. The third-order valence-corrected chi connectivity index (χ3v) is 2.00. The first-order chi connectivity index (χ1) is 7.60. The predicted molar refractivity (Wildman–Crippen MR) is 55.2 cm³/mol. The summed E-state index contributed by atoms with van der Waals surface area (Å²) in [5.74, 6) is 4.40. The molecule has 1 rings (SSSR count). The Morgan fingerprint density at radius 2 is 2.31 bits per heavy atom. The van der Waals surface area contributed by atoms with Gasteiger partial charge in [0.2, 0.25) is 0 Å². The van der Waals surface area contributed by atoms with E-state index in [0.29, 0.717) is 5.56 Å². The molecule has 1 aromatic carbocycles. The van der Waals surface area contributed by atoms with Crippen LogP contribution in [0.3, 0.4) is 0 Å². The number of hydrogen-bond acceptors (Lipinski definition) is 5. The molecule has 0 radical (unpaired) electrons. The monoisotopic (exact) mass is 225 g/mol. The van der Waals surface area contributed by atoms with Crippen molar-refractivity contribution in [2.45, 2.75) is 6.10 Å². The molecule has 3 N–H and O–H groups in total. The lowest BCUT2D eigenvalue weighted by Crippen LogP contribution is -2.35. The molecule has 0 aliphatic heterocycles. The Morgan fingerprint density at radius 3 is 2.81 bits per heavy atom. The average molecular weight is 225 g/mol. The standard InChI is InChI=1S/C9H11N3O4/c1-16-8(9(13)11-10)6-3-2-4-7(5-6)12(14)15/h2-5,8H,10H2,1H3,(H,11,13). The van der Waals surface area contributed by atoms with Crippen LogP contribution in [0.5, 0.6) is 0 Å². The summed E-state index contributed by atoms with van der Waals surface area (Å²) in [7, 11) is 1.32. The van der Waals surface area contributed by atoms with Crippen LogP contribution in [-0.2, 0) is 9.53 Å². The minimum Gasteiger partial charge on any atom is -0.367 e. The summed E-state index contributed by atoms with van der Waals surface area (Å²) in [6, 6.07) is 5.62. The zero-order valence-corrected chi connectivity index (χ0v) is 8.54. The topological polar surface area (TPSA) is 107 Å². The van der Waals surface area contributed by atoms with Gasteiger partial charge in [-0.3, -0.25) is 20.3 Å². The van der Waals surface area contributed by atoms with Crippen molar-refractivity contribution < 1.29 is 14.5 Å². The number of methoxy groups -OCH3 is 1. The van der Waals surface area contributed by atoms with Gasteiger partial charge in [0.15, 0.2) is 6.10 Å². The third-order valence-electron chi connectivity index (χ3n) is 2.00. The number of hydrogen-bond donors (Lipinski definition) is 2. The molecule has 7 nitrogen and oxygen atoms in total. The lowest BCUT2D eigenvalue weighted by molar-refractivity contribution is -0.385. The van der Waals surface area contributed by atoms with Crippen molar-refractivity contribution in [2.75, 3.05) is 7.11 Å². The molecule has 0 aliphatic rings. The van der Waals surface area contributed by atoms with Gasteiger partial charge in [0.05, 0.1) is 4.92 Å². The third kappa shape index (κ3) is 2.53. The molecule has 1 unspecified atom stereocenters. The number of carbonyl (C=O) groups is 1. The van der Waals surface area contributed by atoms with E-state index in [9.17, 15) is 14.9 Å². The molecule has 1 atom stereocenters. The van der Waals surface area contributed by atoms with E-state index in [1.54, 1.807) is 6.07 Å². The van der Waals surface area contributed by atoms with Gasteiger partial charge in [-0.15, -0.1) is 0 Å². The smallest absolute Gasteiger partial charge is 0.269 e. The summed E-state index contributed by atoms with van der Waals surface area (Å²) < 4.78 is 4.91.